The van der Waals surface area contributed by atoms with Gasteiger partial charge in [-0.3, -0.25) is 0 Å². The van der Waals surface area contributed by atoms with Crippen LogP contribution in [0.2, 0.25) is 0 Å². The van der Waals surface area contributed by atoms with Crippen molar-refractivity contribution in [3.63, 3.8) is 0 Å². The molecule has 0 saturated heterocycles. The van der Waals surface area contributed by atoms with Gasteiger partial charge in [0.15, 0.2) is 0 Å². The van der Waals surface area contributed by atoms with E-state index in [0.717, 1.165) is 17.1 Å². The van der Waals surface area contributed by atoms with Gasteiger partial charge in [-0.25, -0.2) is 0 Å². The number of benzene rings is 9. The highest BCUT2D eigenvalue weighted by molar-refractivity contribution is 6.28. The molecule has 0 amide bonds. The molecule has 2 heteroatoms. The van der Waals surface area contributed by atoms with Gasteiger partial charge in [-0.2, -0.15) is 0 Å². The third kappa shape index (κ3) is 4.76. The quantitative estimate of drug-likeness (QED) is 0.0946. The van der Waals surface area contributed by atoms with Crippen LogP contribution in [0.25, 0.3) is 53.9 Å². The number of fused-ring (bicyclic) bond motifs is 2. The molecule has 2 atom stereocenters. The molecule has 4 aliphatic rings. The molecule has 0 aliphatic heterocycles. The molecule has 0 saturated carbocycles. The Morgan fingerprint density at radius 2 is 0.850 bits per heavy atom. The Morgan fingerprint density at radius 3 is 1.52 bits per heavy atom. The Labute approximate surface area is 348 Å². The summed E-state index contributed by atoms with van der Waals surface area (Å²) < 4.78 is 0. The summed E-state index contributed by atoms with van der Waals surface area (Å²) in [6.07, 6.45) is 20.9. The second-order valence-corrected chi connectivity index (χ2v) is 16.4. The monoisotopic (exact) mass is 762 g/mol. The molecule has 0 radical (unpaired) electrons. The van der Waals surface area contributed by atoms with Gasteiger partial charge < -0.3 is 9.80 Å². The first-order chi connectivity index (χ1) is 29.8. The molecule has 2 unspecified atom stereocenters. The summed E-state index contributed by atoms with van der Waals surface area (Å²) >= 11 is 0. The Kier molecular flexibility index (Phi) is 7.17. The lowest BCUT2D eigenvalue weighted by atomic mass is 9.64. The number of hydrogen-bond acceptors (Lipinski definition) is 2. The zero-order valence-corrected chi connectivity index (χ0v) is 32.8. The molecule has 280 valence electrons. The fourth-order valence-electron chi connectivity index (χ4n) is 10.8. The number of allylic oxidation sites excluding steroid dienone is 13. The zero-order chi connectivity index (χ0) is 39.3. The molecule has 9 aromatic rings. The van der Waals surface area contributed by atoms with Crippen LogP contribution in [0.1, 0.15) is 0 Å². The zero-order valence-electron chi connectivity index (χ0n) is 32.8. The molecule has 0 fully saturated rings. The summed E-state index contributed by atoms with van der Waals surface area (Å²) in [7, 11) is 0. The number of nitrogens with zero attached hydrogens (tertiary/aromatic N) is 2. The maximum Gasteiger partial charge on any atom is 0.0620 e. The van der Waals surface area contributed by atoms with Gasteiger partial charge in [0.05, 0.1) is 22.8 Å². The Morgan fingerprint density at radius 1 is 0.333 bits per heavy atom. The summed E-state index contributed by atoms with van der Waals surface area (Å²) in [6, 6.07) is 60.5. The summed E-state index contributed by atoms with van der Waals surface area (Å²) in [5, 5.41) is 12.4. The van der Waals surface area contributed by atoms with Crippen molar-refractivity contribution in [2.24, 2.45) is 11.8 Å². The lowest BCUT2D eigenvalue weighted by Gasteiger charge is -2.42. The van der Waals surface area contributed by atoms with Crippen molar-refractivity contribution in [1.82, 2.24) is 0 Å². The lowest BCUT2D eigenvalue weighted by Crippen LogP contribution is -2.32. The van der Waals surface area contributed by atoms with Gasteiger partial charge in [-0.15, -0.1) is 0 Å². The van der Waals surface area contributed by atoms with E-state index in [9.17, 15) is 0 Å². The largest absolute Gasteiger partial charge is 0.309 e. The molecule has 0 aromatic heterocycles. The average Bonchev–Trinajstić information content (AvgIpc) is 3.32. The van der Waals surface area contributed by atoms with E-state index in [1.807, 2.05) is 0 Å². The number of para-hydroxylation sites is 2. The summed E-state index contributed by atoms with van der Waals surface area (Å²) in [6.45, 7) is 0. The van der Waals surface area contributed by atoms with Crippen LogP contribution in [0.4, 0.5) is 28.4 Å². The fourth-order valence-corrected chi connectivity index (χ4v) is 10.8. The molecule has 60 heavy (non-hydrogen) atoms. The highest BCUT2D eigenvalue weighted by Gasteiger charge is 2.40. The van der Waals surface area contributed by atoms with Crippen molar-refractivity contribution >= 4 is 82.3 Å². The third-order valence-electron chi connectivity index (χ3n) is 13.3. The highest BCUT2D eigenvalue weighted by Crippen LogP contribution is 2.55. The van der Waals surface area contributed by atoms with Crippen molar-refractivity contribution in [2.45, 2.75) is 0 Å². The second-order valence-electron chi connectivity index (χ2n) is 16.4. The fraction of sp³-hybridized carbons (Fsp3) is 0.0345. The SMILES string of the molecule is C1=CC2=CC=C3C=CC(N(c4ccccc4)c4c5ccccc5c(N(c5ccccc5)c5ccc6ccc7cccc8ccc5c6c78)c5ccccc45)=C4C=CC(=C1)C2C34. The van der Waals surface area contributed by atoms with E-state index < -0.39 is 0 Å². The molecule has 0 spiro atoms. The van der Waals surface area contributed by atoms with Crippen molar-refractivity contribution < 1.29 is 0 Å². The molecule has 0 heterocycles. The maximum atomic E-state index is 2.55. The minimum absolute atomic E-state index is 0.248. The van der Waals surface area contributed by atoms with Crippen LogP contribution in [-0.2, 0) is 0 Å². The molecule has 9 aromatic carbocycles. The first kappa shape index (κ1) is 33.3. The average molecular weight is 763 g/mol. The van der Waals surface area contributed by atoms with Crippen LogP contribution in [0.15, 0.2) is 246 Å². The van der Waals surface area contributed by atoms with Gasteiger partial charge in [0, 0.05) is 50.1 Å². The van der Waals surface area contributed by atoms with Gasteiger partial charge in [-0.05, 0) is 85.6 Å². The predicted octanol–water partition coefficient (Wildman–Crippen LogP) is 15.5. The van der Waals surface area contributed by atoms with E-state index in [2.05, 4.69) is 228 Å². The van der Waals surface area contributed by atoms with Crippen LogP contribution >= 0.6 is 0 Å². The van der Waals surface area contributed by atoms with Gasteiger partial charge in [0.1, 0.15) is 0 Å². The van der Waals surface area contributed by atoms with Gasteiger partial charge in [0.25, 0.3) is 0 Å². The molecule has 4 aliphatic carbocycles. The van der Waals surface area contributed by atoms with E-state index in [-0.39, 0.29) is 5.92 Å². The van der Waals surface area contributed by atoms with E-state index in [4.69, 9.17) is 0 Å². The maximum absolute atomic E-state index is 2.55. The first-order valence-corrected chi connectivity index (χ1v) is 21.0. The van der Waals surface area contributed by atoms with Crippen LogP contribution < -0.4 is 9.80 Å². The molecule has 2 nitrogen and oxygen atoms in total. The minimum Gasteiger partial charge on any atom is -0.309 e. The van der Waals surface area contributed by atoms with Crippen LogP contribution in [-0.4, -0.2) is 0 Å². The molecular formula is C58H38N2. The molecule has 13 rings (SSSR count). The van der Waals surface area contributed by atoms with Crippen molar-refractivity contribution in [3.05, 3.63) is 246 Å². The van der Waals surface area contributed by atoms with Crippen LogP contribution in [0.5, 0.6) is 0 Å². The number of hydrogen-bond donors (Lipinski definition) is 0. The van der Waals surface area contributed by atoms with Gasteiger partial charge >= 0.3 is 0 Å². The standard InChI is InChI=1S/C58H38N2/c1-3-17-43(18-4-1)59(51-35-31-41-27-25-37-13-11-15-39-29-33-49(51)55(41)53(37)39)57-45-21-7-9-23-47(45)58(48-24-10-8-22-46(48)57)60(44-19-5-2-6-20-44)52-36-32-42-28-26-38-14-12-16-40-30-34-50(52)56(42)54(38)40/h1-36,53,55H. The van der Waals surface area contributed by atoms with E-state index in [0.29, 0.717) is 5.92 Å². The van der Waals surface area contributed by atoms with Crippen molar-refractivity contribution in [1.29, 1.82) is 0 Å². The molecule has 0 N–H and O–H groups in total. The van der Waals surface area contributed by atoms with E-state index >= 15 is 0 Å². The highest BCUT2D eigenvalue weighted by atomic mass is 15.2. The minimum atomic E-state index is 0.248. The lowest BCUT2D eigenvalue weighted by molar-refractivity contribution is 0.559. The van der Waals surface area contributed by atoms with Gasteiger partial charge in [-0.1, -0.05) is 182 Å². The van der Waals surface area contributed by atoms with E-state index in [1.54, 1.807) is 0 Å². The molecular weight excluding hydrogens is 725 g/mol. The first-order valence-electron chi connectivity index (χ1n) is 21.0. The van der Waals surface area contributed by atoms with Crippen molar-refractivity contribution in [3.8, 4) is 0 Å². The third-order valence-corrected chi connectivity index (χ3v) is 13.3. The normalized spacial score (nSPS) is 17.7. The Balaban J connectivity index is 1.12. The number of rotatable bonds is 6. The van der Waals surface area contributed by atoms with Crippen molar-refractivity contribution in [2.75, 3.05) is 9.80 Å². The Hall–Kier alpha value is -7.68. The summed E-state index contributed by atoms with van der Waals surface area (Å²) in [5.74, 6) is 0.561. The molecule has 0 bridgehead atoms. The predicted molar refractivity (Wildman–Crippen MR) is 254 cm³/mol. The van der Waals surface area contributed by atoms with Crippen LogP contribution in [0.3, 0.4) is 0 Å². The topological polar surface area (TPSA) is 6.48 Å². The van der Waals surface area contributed by atoms with Gasteiger partial charge in [0.2, 0.25) is 0 Å². The smallest absolute Gasteiger partial charge is 0.0620 e. The Bertz CT molecular complexity index is 3410. The van der Waals surface area contributed by atoms with Crippen LogP contribution in [0, 0.1) is 11.8 Å². The summed E-state index contributed by atoms with van der Waals surface area (Å²) in [4.78, 5) is 5.08. The van der Waals surface area contributed by atoms with E-state index in [1.165, 1.54) is 93.2 Å². The summed E-state index contributed by atoms with van der Waals surface area (Å²) in [5.41, 5.74) is 12.5. The number of anilines is 5. The second kappa shape index (κ2) is 12.9.